The summed E-state index contributed by atoms with van der Waals surface area (Å²) >= 11 is 3.50. The lowest BCUT2D eigenvalue weighted by atomic mass is 9.95. The van der Waals surface area contributed by atoms with Crippen molar-refractivity contribution in [3.05, 3.63) is 45.7 Å². The van der Waals surface area contributed by atoms with Crippen molar-refractivity contribution < 1.29 is 4.74 Å². The molecule has 3 rings (SSSR count). The Kier molecular flexibility index (Phi) is 3.81. The van der Waals surface area contributed by atoms with Crippen LogP contribution in [0.25, 0.3) is 0 Å². The van der Waals surface area contributed by atoms with Gasteiger partial charge in [-0.15, -0.1) is 0 Å². The third-order valence-electron chi connectivity index (χ3n) is 3.76. The number of hydrogen-bond acceptors (Lipinski definition) is 3. The Bertz CT molecular complexity index is 624. The lowest BCUT2D eigenvalue weighted by Gasteiger charge is -2.15. The van der Waals surface area contributed by atoms with Crippen LogP contribution < -0.4 is 10.5 Å². The molecule has 0 fully saturated rings. The highest BCUT2D eigenvalue weighted by Crippen LogP contribution is 2.28. The Morgan fingerprint density at radius 1 is 1.50 bits per heavy atom. The van der Waals surface area contributed by atoms with E-state index < -0.39 is 0 Å². The van der Waals surface area contributed by atoms with Gasteiger partial charge in [0.1, 0.15) is 5.75 Å². The lowest BCUT2D eigenvalue weighted by Crippen LogP contribution is -2.17. The molecule has 0 bridgehead atoms. The minimum absolute atomic E-state index is 0.0874. The van der Waals surface area contributed by atoms with Crippen molar-refractivity contribution in [1.82, 2.24) is 9.78 Å². The predicted octanol–water partition coefficient (Wildman–Crippen LogP) is 3.04. The number of nitrogens with zero attached hydrogens (tertiary/aromatic N) is 2. The zero-order valence-electron chi connectivity index (χ0n) is 11.5. The van der Waals surface area contributed by atoms with Gasteiger partial charge in [0.2, 0.25) is 0 Å². The number of rotatable bonds is 3. The van der Waals surface area contributed by atoms with Crippen LogP contribution in [0.4, 0.5) is 0 Å². The van der Waals surface area contributed by atoms with Crippen LogP contribution in [0.1, 0.15) is 35.7 Å². The number of halogens is 1. The number of methoxy groups -OCH3 is 1. The molecular weight excluding hydrogens is 318 g/mol. The van der Waals surface area contributed by atoms with Crippen LogP contribution in [-0.4, -0.2) is 16.9 Å². The van der Waals surface area contributed by atoms with Gasteiger partial charge in [-0.1, -0.05) is 15.9 Å². The molecule has 106 valence electrons. The van der Waals surface area contributed by atoms with Gasteiger partial charge in [0, 0.05) is 22.3 Å². The molecule has 0 spiro atoms. The molecule has 1 aliphatic carbocycles. The molecule has 4 nitrogen and oxygen atoms in total. The minimum atomic E-state index is 0.0874. The molecule has 20 heavy (non-hydrogen) atoms. The topological polar surface area (TPSA) is 53.1 Å². The number of benzene rings is 1. The summed E-state index contributed by atoms with van der Waals surface area (Å²) in [5, 5.41) is 4.65. The third kappa shape index (κ3) is 2.60. The summed E-state index contributed by atoms with van der Waals surface area (Å²) in [6, 6.07) is 6.10. The second-order valence-corrected chi connectivity index (χ2v) is 6.11. The molecule has 1 atom stereocenters. The molecule has 1 unspecified atom stereocenters. The Morgan fingerprint density at radius 2 is 2.35 bits per heavy atom. The quantitative estimate of drug-likeness (QED) is 0.937. The molecule has 1 aliphatic rings. The van der Waals surface area contributed by atoms with E-state index in [0.29, 0.717) is 6.54 Å². The highest BCUT2D eigenvalue weighted by molar-refractivity contribution is 9.10. The van der Waals surface area contributed by atoms with Gasteiger partial charge < -0.3 is 10.5 Å². The normalized spacial score (nSPS) is 17.9. The summed E-state index contributed by atoms with van der Waals surface area (Å²) in [7, 11) is 1.69. The standard InChI is InChI=1S/C15H18BrN3O/c1-20-14-6-5-12(16)7-11(14)9-19-8-10-3-2-4-13(17)15(10)18-19/h5-8,13H,2-4,9,17H2,1H3. The van der Waals surface area contributed by atoms with Crippen LogP contribution in [0, 0.1) is 0 Å². The number of nitrogens with two attached hydrogens (primary N) is 1. The molecule has 5 heteroatoms. The van der Waals surface area contributed by atoms with Gasteiger partial charge in [0.15, 0.2) is 0 Å². The van der Waals surface area contributed by atoms with Crippen LogP contribution in [0.2, 0.25) is 0 Å². The van der Waals surface area contributed by atoms with E-state index in [2.05, 4.69) is 33.3 Å². The van der Waals surface area contributed by atoms with Crippen molar-refractivity contribution in [1.29, 1.82) is 0 Å². The Balaban J connectivity index is 1.90. The van der Waals surface area contributed by atoms with Gasteiger partial charge in [-0.2, -0.15) is 5.10 Å². The summed E-state index contributed by atoms with van der Waals surface area (Å²) in [5.74, 6) is 0.881. The van der Waals surface area contributed by atoms with Gasteiger partial charge in [-0.3, -0.25) is 4.68 Å². The molecule has 1 aromatic heterocycles. The van der Waals surface area contributed by atoms with Crippen LogP contribution in [0.15, 0.2) is 28.9 Å². The zero-order chi connectivity index (χ0) is 14.1. The molecule has 0 amide bonds. The molecule has 0 aliphatic heterocycles. The smallest absolute Gasteiger partial charge is 0.124 e. The molecule has 0 saturated heterocycles. The SMILES string of the molecule is COc1ccc(Br)cc1Cn1cc2c(n1)C(N)CCC2. The highest BCUT2D eigenvalue weighted by Gasteiger charge is 2.20. The van der Waals surface area contributed by atoms with Gasteiger partial charge in [0.25, 0.3) is 0 Å². The third-order valence-corrected chi connectivity index (χ3v) is 4.25. The van der Waals surface area contributed by atoms with E-state index in [1.165, 1.54) is 5.56 Å². The average Bonchev–Trinajstić information content (AvgIpc) is 2.83. The highest BCUT2D eigenvalue weighted by atomic mass is 79.9. The molecule has 2 N–H and O–H groups in total. The Morgan fingerprint density at radius 3 is 3.10 bits per heavy atom. The number of fused-ring (bicyclic) bond motifs is 1. The van der Waals surface area contributed by atoms with E-state index >= 15 is 0 Å². The van der Waals surface area contributed by atoms with Crippen molar-refractivity contribution in [3.8, 4) is 5.75 Å². The molecule has 0 radical (unpaired) electrons. The van der Waals surface area contributed by atoms with E-state index in [-0.39, 0.29) is 6.04 Å². The van der Waals surface area contributed by atoms with E-state index in [1.807, 2.05) is 16.8 Å². The number of aryl methyl sites for hydroxylation is 1. The fraction of sp³-hybridized carbons (Fsp3) is 0.400. The summed E-state index contributed by atoms with van der Waals surface area (Å²) in [6.45, 7) is 0.697. The average molecular weight is 336 g/mol. The fourth-order valence-corrected chi connectivity index (χ4v) is 3.17. The molecule has 1 heterocycles. The summed E-state index contributed by atoms with van der Waals surface area (Å²) in [4.78, 5) is 0. The zero-order valence-corrected chi connectivity index (χ0v) is 13.1. The van der Waals surface area contributed by atoms with E-state index in [9.17, 15) is 0 Å². The van der Waals surface area contributed by atoms with Gasteiger partial charge >= 0.3 is 0 Å². The van der Waals surface area contributed by atoms with Gasteiger partial charge in [-0.25, -0.2) is 0 Å². The van der Waals surface area contributed by atoms with Crippen molar-refractivity contribution in [2.75, 3.05) is 7.11 Å². The monoisotopic (exact) mass is 335 g/mol. The first kappa shape index (κ1) is 13.6. The van der Waals surface area contributed by atoms with E-state index in [1.54, 1.807) is 7.11 Å². The fourth-order valence-electron chi connectivity index (χ4n) is 2.76. The van der Waals surface area contributed by atoms with Crippen molar-refractivity contribution >= 4 is 15.9 Å². The first-order valence-corrected chi connectivity index (χ1v) is 7.61. The molecular formula is C15H18BrN3O. The van der Waals surface area contributed by atoms with Crippen molar-refractivity contribution in [2.24, 2.45) is 5.73 Å². The number of aromatic nitrogens is 2. The minimum Gasteiger partial charge on any atom is -0.496 e. The van der Waals surface area contributed by atoms with Gasteiger partial charge in [0.05, 0.1) is 19.3 Å². The molecule has 0 saturated carbocycles. The maximum absolute atomic E-state index is 6.13. The predicted molar refractivity (Wildman–Crippen MR) is 81.9 cm³/mol. The maximum atomic E-state index is 6.13. The number of ether oxygens (including phenoxy) is 1. The van der Waals surface area contributed by atoms with E-state index in [0.717, 1.165) is 40.7 Å². The summed E-state index contributed by atoms with van der Waals surface area (Å²) in [5.41, 5.74) is 9.58. The second-order valence-electron chi connectivity index (χ2n) is 5.19. The summed E-state index contributed by atoms with van der Waals surface area (Å²) in [6.07, 6.45) is 5.39. The van der Waals surface area contributed by atoms with Crippen molar-refractivity contribution in [2.45, 2.75) is 31.8 Å². The lowest BCUT2D eigenvalue weighted by molar-refractivity contribution is 0.407. The van der Waals surface area contributed by atoms with E-state index in [4.69, 9.17) is 10.5 Å². The largest absolute Gasteiger partial charge is 0.496 e. The second kappa shape index (κ2) is 5.58. The van der Waals surface area contributed by atoms with Crippen LogP contribution in [-0.2, 0) is 13.0 Å². The maximum Gasteiger partial charge on any atom is 0.124 e. The summed E-state index contributed by atoms with van der Waals surface area (Å²) < 4.78 is 8.42. The van der Waals surface area contributed by atoms with Gasteiger partial charge in [-0.05, 0) is 43.0 Å². The first-order valence-electron chi connectivity index (χ1n) is 6.81. The first-order chi connectivity index (χ1) is 9.67. The molecule has 1 aromatic carbocycles. The molecule has 2 aromatic rings. The van der Waals surface area contributed by atoms with Crippen LogP contribution in [0.5, 0.6) is 5.75 Å². The Labute approximate surface area is 127 Å². The van der Waals surface area contributed by atoms with Crippen molar-refractivity contribution in [3.63, 3.8) is 0 Å². The van der Waals surface area contributed by atoms with Crippen LogP contribution in [0.3, 0.4) is 0 Å². The Hall–Kier alpha value is -1.33. The number of hydrogen-bond donors (Lipinski definition) is 1. The van der Waals surface area contributed by atoms with Crippen LogP contribution >= 0.6 is 15.9 Å².